The molecule has 0 bridgehead atoms. The van der Waals surface area contributed by atoms with Crippen molar-refractivity contribution < 1.29 is 9.13 Å². The number of anilines is 1. The Labute approximate surface area is 122 Å². The highest BCUT2D eigenvalue weighted by Crippen LogP contribution is 2.21. The van der Waals surface area contributed by atoms with Gasteiger partial charge in [0.2, 0.25) is 0 Å². The number of aromatic nitrogens is 1. The molecule has 0 saturated heterocycles. The van der Waals surface area contributed by atoms with E-state index < -0.39 is 0 Å². The van der Waals surface area contributed by atoms with Crippen molar-refractivity contribution in [3.63, 3.8) is 0 Å². The van der Waals surface area contributed by atoms with Crippen molar-refractivity contribution in [2.75, 3.05) is 12.4 Å². The molecule has 2 aromatic carbocycles. The summed E-state index contributed by atoms with van der Waals surface area (Å²) < 4.78 is 19.4. The standard InChI is InChI=1S/C17H15FN2O/c1-19-15-4-6-16(7-5-15)21-11-13-10-14(18)9-12-3-2-8-20-17(12)13/h2-10,19H,11H2,1H3. The van der Waals surface area contributed by atoms with Crippen LogP contribution in [0.2, 0.25) is 0 Å². The summed E-state index contributed by atoms with van der Waals surface area (Å²) in [5.74, 6) is 0.460. The molecule has 0 fully saturated rings. The number of fused-ring (bicyclic) bond motifs is 1. The summed E-state index contributed by atoms with van der Waals surface area (Å²) >= 11 is 0. The van der Waals surface area contributed by atoms with Crippen molar-refractivity contribution in [3.8, 4) is 5.75 Å². The molecule has 0 aliphatic rings. The van der Waals surface area contributed by atoms with Crippen molar-refractivity contribution in [3.05, 3.63) is 66.1 Å². The van der Waals surface area contributed by atoms with Gasteiger partial charge in [0.15, 0.2) is 0 Å². The summed E-state index contributed by atoms with van der Waals surface area (Å²) in [7, 11) is 1.86. The molecule has 1 aromatic heterocycles. The highest BCUT2D eigenvalue weighted by molar-refractivity contribution is 5.81. The van der Waals surface area contributed by atoms with E-state index in [-0.39, 0.29) is 12.4 Å². The summed E-state index contributed by atoms with van der Waals surface area (Å²) in [6, 6.07) is 14.2. The Bertz CT molecular complexity index is 756. The minimum absolute atomic E-state index is 0.278. The quantitative estimate of drug-likeness (QED) is 0.785. The number of hydrogen-bond acceptors (Lipinski definition) is 3. The lowest BCUT2D eigenvalue weighted by atomic mass is 10.1. The Morgan fingerprint density at radius 3 is 2.71 bits per heavy atom. The molecule has 0 spiro atoms. The maximum atomic E-state index is 13.6. The molecule has 0 aliphatic heterocycles. The van der Waals surface area contributed by atoms with Crippen molar-refractivity contribution in [1.29, 1.82) is 0 Å². The minimum atomic E-state index is -0.278. The maximum absolute atomic E-state index is 13.6. The molecule has 3 aromatic rings. The average molecular weight is 282 g/mol. The molecule has 1 N–H and O–H groups in total. The zero-order valence-corrected chi connectivity index (χ0v) is 11.6. The van der Waals surface area contributed by atoms with Gasteiger partial charge < -0.3 is 10.1 Å². The van der Waals surface area contributed by atoms with Crippen LogP contribution >= 0.6 is 0 Å². The Kier molecular flexibility index (Phi) is 3.69. The first-order valence-corrected chi connectivity index (χ1v) is 6.70. The third kappa shape index (κ3) is 2.94. The number of benzene rings is 2. The maximum Gasteiger partial charge on any atom is 0.124 e. The number of halogens is 1. The molecular formula is C17H15FN2O. The molecule has 3 nitrogen and oxygen atoms in total. The summed E-state index contributed by atoms with van der Waals surface area (Å²) in [6.45, 7) is 0.282. The van der Waals surface area contributed by atoms with Gasteiger partial charge in [0, 0.05) is 29.9 Å². The lowest BCUT2D eigenvalue weighted by Gasteiger charge is -2.09. The Balaban J connectivity index is 1.84. The molecule has 0 saturated carbocycles. The second kappa shape index (κ2) is 5.79. The first-order valence-electron chi connectivity index (χ1n) is 6.70. The van der Waals surface area contributed by atoms with Crippen molar-refractivity contribution in [2.24, 2.45) is 0 Å². The molecule has 0 unspecified atom stereocenters. The predicted octanol–water partition coefficient (Wildman–Crippen LogP) is 3.99. The van der Waals surface area contributed by atoms with Gasteiger partial charge in [-0.1, -0.05) is 6.07 Å². The van der Waals surface area contributed by atoms with Crippen LogP contribution in [-0.2, 0) is 6.61 Å². The van der Waals surface area contributed by atoms with Crippen LogP contribution in [0.1, 0.15) is 5.56 Å². The van der Waals surface area contributed by atoms with Crippen LogP contribution in [0.5, 0.6) is 5.75 Å². The molecular weight excluding hydrogens is 267 g/mol. The number of nitrogens with zero attached hydrogens (tertiary/aromatic N) is 1. The molecule has 3 rings (SSSR count). The summed E-state index contributed by atoms with van der Waals surface area (Å²) in [4.78, 5) is 4.31. The van der Waals surface area contributed by atoms with E-state index in [2.05, 4.69) is 10.3 Å². The first kappa shape index (κ1) is 13.4. The van der Waals surface area contributed by atoms with Crippen LogP contribution in [-0.4, -0.2) is 12.0 Å². The zero-order valence-electron chi connectivity index (χ0n) is 11.6. The van der Waals surface area contributed by atoms with E-state index in [0.717, 1.165) is 27.9 Å². The summed E-state index contributed by atoms with van der Waals surface area (Å²) in [5, 5.41) is 3.82. The molecule has 4 heteroatoms. The van der Waals surface area contributed by atoms with Gasteiger partial charge in [-0.3, -0.25) is 4.98 Å². The topological polar surface area (TPSA) is 34.1 Å². The van der Waals surface area contributed by atoms with Crippen LogP contribution < -0.4 is 10.1 Å². The third-order valence-electron chi connectivity index (χ3n) is 3.29. The van der Waals surface area contributed by atoms with Gasteiger partial charge in [-0.25, -0.2) is 4.39 Å². The highest BCUT2D eigenvalue weighted by Gasteiger charge is 2.06. The van der Waals surface area contributed by atoms with Gasteiger partial charge in [0.1, 0.15) is 18.2 Å². The van der Waals surface area contributed by atoms with Gasteiger partial charge >= 0.3 is 0 Å². The van der Waals surface area contributed by atoms with E-state index >= 15 is 0 Å². The summed E-state index contributed by atoms with van der Waals surface area (Å²) in [6.07, 6.45) is 1.70. The Hall–Kier alpha value is -2.62. The van der Waals surface area contributed by atoms with E-state index in [4.69, 9.17) is 4.74 Å². The first-order chi connectivity index (χ1) is 10.3. The average Bonchev–Trinajstić information content (AvgIpc) is 2.53. The summed E-state index contributed by atoms with van der Waals surface area (Å²) in [5.41, 5.74) is 2.52. The van der Waals surface area contributed by atoms with E-state index in [1.165, 1.54) is 12.1 Å². The fourth-order valence-corrected chi connectivity index (χ4v) is 2.22. The molecule has 0 aliphatic carbocycles. The second-order valence-corrected chi connectivity index (χ2v) is 4.70. The Morgan fingerprint density at radius 1 is 1.14 bits per heavy atom. The normalized spacial score (nSPS) is 10.6. The second-order valence-electron chi connectivity index (χ2n) is 4.70. The molecule has 0 radical (unpaired) electrons. The number of pyridine rings is 1. The zero-order chi connectivity index (χ0) is 14.7. The molecule has 1 heterocycles. The van der Waals surface area contributed by atoms with Gasteiger partial charge in [0.25, 0.3) is 0 Å². The number of hydrogen-bond donors (Lipinski definition) is 1. The van der Waals surface area contributed by atoms with E-state index in [1.54, 1.807) is 12.3 Å². The SMILES string of the molecule is CNc1ccc(OCc2cc(F)cc3cccnc23)cc1. The number of rotatable bonds is 4. The predicted molar refractivity (Wildman–Crippen MR) is 82.0 cm³/mol. The molecule has 106 valence electrons. The van der Waals surface area contributed by atoms with Crippen molar-refractivity contribution >= 4 is 16.6 Å². The van der Waals surface area contributed by atoms with Crippen LogP contribution in [0.4, 0.5) is 10.1 Å². The van der Waals surface area contributed by atoms with Crippen LogP contribution in [0, 0.1) is 5.82 Å². The van der Waals surface area contributed by atoms with Crippen LogP contribution in [0.3, 0.4) is 0 Å². The molecule has 0 atom stereocenters. The number of ether oxygens (including phenoxy) is 1. The largest absolute Gasteiger partial charge is 0.489 e. The van der Waals surface area contributed by atoms with Crippen LogP contribution in [0.25, 0.3) is 10.9 Å². The third-order valence-corrected chi connectivity index (χ3v) is 3.29. The number of nitrogens with one attached hydrogen (secondary N) is 1. The van der Waals surface area contributed by atoms with E-state index in [0.29, 0.717) is 0 Å². The lowest BCUT2D eigenvalue weighted by molar-refractivity contribution is 0.307. The smallest absolute Gasteiger partial charge is 0.124 e. The fourth-order valence-electron chi connectivity index (χ4n) is 2.22. The monoisotopic (exact) mass is 282 g/mol. The van der Waals surface area contributed by atoms with E-state index in [1.807, 2.05) is 37.4 Å². The van der Waals surface area contributed by atoms with Crippen molar-refractivity contribution in [2.45, 2.75) is 6.61 Å². The van der Waals surface area contributed by atoms with Crippen LogP contribution in [0.15, 0.2) is 54.7 Å². The molecule has 21 heavy (non-hydrogen) atoms. The van der Waals surface area contributed by atoms with Crippen molar-refractivity contribution in [1.82, 2.24) is 4.98 Å². The van der Waals surface area contributed by atoms with Gasteiger partial charge in [-0.2, -0.15) is 0 Å². The Morgan fingerprint density at radius 2 is 1.95 bits per heavy atom. The fraction of sp³-hybridized carbons (Fsp3) is 0.118. The lowest BCUT2D eigenvalue weighted by Crippen LogP contribution is -1.99. The van der Waals surface area contributed by atoms with Gasteiger partial charge in [0.05, 0.1) is 5.52 Å². The molecule has 0 amide bonds. The minimum Gasteiger partial charge on any atom is -0.489 e. The highest BCUT2D eigenvalue weighted by atomic mass is 19.1. The van der Waals surface area contributed by atoms with E-state index in [9.17, 15) is 4.39 Å². The van der Waals surface area contributed by atoms with Gasteiger partial charge in [-0.05, 0) is 42.5 Å². The van der Waals surface area contributed by atoms with Gasteiger partial charge in [-0.15, -0.1) is 0 Å².